The van der Waals surface area contributed by atoms with Gasteiger partial charge in [-0.15, -0.1) is 0 Å². The van der Waals surface area contributed by atoms with E-state index in [1.807, 2.05) is 36.4 Å². The summed E-state index contributed by atoms with van der Waals surface area (Å²) in [6.45, 7) is 9.37. The van der Waals surface area contributed by atoms with E-state index in [4.69, 9.17) is 21.5 Å². The van der Waals surface area contributed by atoms with Crippen LogP contribution in [0.5, 0.6) is 0 Å². The van der Waals surface area contributed by atoms with Gasteiger partial charge in [0, 0.05) is 27.1 Å². The van der Waals surface area contributed by atoms with Crippen LogP contribution in [0.1, 0.15) is 36.1 Å². The van der Waals surface area contributed by atoms with Crippen LogP contribution in [0.2, 0.25) is 0 Å². The van der Waals surface area contributed by atoms with Gasteiger partial charge in [0.1, 0.15) is 0 Å². The molecule has 0 saturated carbocycles. The first-order valence-corrected chi connectivity index (χ1v) is 18.2. The summed E-state index contributed by atoms with van der Waals surface area (Å²) >= 11 is 0. The van der Waals surface area contributed by atoms with E-state index < -0.39 is 0 Å². The molecule has 2 aliphatic carbocycles. The predicted molar refractivity (Wildman–Crippen MR) is 218 cm³/mol. The average Bonchev–Trinajstić information content (AvgIpc) is 3.63. The molecule has 0 atom stereocenters. The predicted octanol–water partition coefficient (Wildman–Crippen LogP) is 9.95. The number of fused-ring (bicyclic) bond motifs is 9. The van der Waals surface area contributed by atoms with Crippen molar-refractivity contribution in [1.29, 1.82) is 0 Å². The molecule has 0 fully saturated rings. The van der Waals surface area contributed by atoms with Crippen molar-refractivity contribution in [3.8, 4) is 51.0 Å². The summed E-state index contributed by atoms with van der Waals surface area (Å²) in [4.78, 5) is 15.6. The van der Waals surface area contributed by atoms with Gasteiger partial charge in [-0.2, -0.15) is 9.97 Å². The maximum absolute atomic E-state index is 5.28. The largest absolute Gasteiger partial charge is 0.278 e. The third kappa shape index (κ3) is 4.94. The topological polar surface area (TPSA) is 43.6 Å². The summed E-state index contributed by atoms with van der Waals surface area (Å²) in [5.74, 6) is 1.84. The second kappa shape index (κ2) is 12.0. The summed E-state index contributed by atoms with van der Waals surface area (Å²) < 4.78 is 2.27. The third-order valence-corrected chi connectivity index (χ3v) is 11.0. The SMILES string of the molecule is C=C1/C=c2\c(n(-c3nc(-c4ccccc4)nc(-c4ccccc4)n3)c3cc4c(cc23)-c2ccccc2C4(C)C)=C/Cc2ccccc2-c2ccccc21. The maximum atomic E-state index is 5.28. The minimum absolute atomic E-state index is 0.184. The molecule has 2 aliphatic rings. The molecule has 8 aromatic rings. The average molecular weight is 681 g/mol. The molecule has 0 unspecified atom stereocenters. The Labute approximate surface area is 308 Å². The minimum Gasteiger partial charge on any atom is -0.278 e. The molecule has 2 aromatic heterocycles. The van der Waals surface area contributed by atoms with Crippen LogP contribution in [0, 0.1) is 0 Å². The van der Waals surface area contributed by atoms with Crippen molar-refractivity contribution < 1.29 is 0 Å². The van der Waals surface area contributed by atoms with Crippen LogP contribution in [0.3, 0.4) is 0 Å². The molecule has 6 aromatic carbocycles. The molecule has 53 heavy (non-hydrogen) atoms. The molecular weight excluding hydrogens is 645 g/mol. The number of aromatic nitrogens is 4. The highest BCUT2D eigenvalue weighted by atomic mass is 15.2. The number of allylic oxidation sites excluding steroid dienone is 1. The van der Waals surface area contributed by atoms with Crippen molar-refractivity contribution in [2.45, 2.75) is 25.7 Å². The molecule has 0 amide bonds. The highest BCUT2D eigenvalue weighted by Gasteiger charge is 2.36. The van der Waals surface area contributed by atoms with E-state index in [2.05, 4.69) is 140 Å². The van der Waals surface area contributed by atoms with Gasteiger partial charge in [0.15, 0.2) is 11.6 Å². The Morgan fingerprint density at radius 1 is 0.566 bits per heavy atom. The van der Waals surface area contributed by atoms with Gasteiger partial charge in [0.25, 0.3) is 0 Å². The number of benzene rings is 6. The minimum atomic E-state index is -0.184. The van der Waals surface area contributed by atoms with Crippen LogP contribution in [0.4, 0.5) is 0 Å². The smallest absolute Gasteiger partial charge is 0.238 e. The summed E-state index contributed by atoms with van der Waals surface area (Å²) in [6.07, 6.45) is 5.35. The van der Waals surface area contributed by atoms with Gasteiger partial charge in [-0.05, 0) is 74.7 Å². The van der Waals surface area contributed by atoms with Crippen molar-refractivity contribution >= 4 is 28.6 Å². The van der Waals surface area contributed by atoms with Crippen LogP contribution >= 0.6 is 0 Å². The summed E-state index contributed by atoms with van der Waals surface area (Å²) in [7, 11) is 0. The standard InChI is InChI=1S/C49H36N4/c1-31-28-40-41-29-39-38-24-14-15-25-42(38)49(2,3)43(39)30-45(41)53(44(40)27-26-32-16-10-11-22-36(32)37-23-13-12-21-35(31)37)48-51-46(33-17-6-4-7-18-33)50-47(52-48)34-19-8-5-9-20-34/h4-25,27-30H,1,26H2,2-3H3/b40-28-,44-27+. The Bertz CT molecular complexity index is 2840. The first-order chi connectivity index (χ1) is 26.0. The Hall–Kier alpha value is -6.65. The lowest BCUT2D eigenvalue weighted by Gasteiger charge is -2.21. The molecule has 252 valence electrons. The highest BCUT2D eigenvalue weighted by Crippen LogP contribution is 2.49. The zero-order valence-electron chi connectivity index (χ0n) is 29.7. The first-order valence-electron chi connectivity index (χ1n) is 18.2. The van der Waals surface area contributed by atoms with E-state index in [0.717, 1.165) is 50.2 Å². The van der Waals surface area contributed by atoms with Gasteiger partial charge >= 0.3 is 0 Å². The lowest BCUT2D eigenvalue weighted by Crippen LogP contribution is -2.30. The molecule has 0 saturated heterocycles. The van der Waals surface area contributed by atoms with Gasteiger partial charge in [-0.25, -0.2) is 4.98 Å². The molecule has 2 heterocycles. The molecule has 0 bridgehead atoms. The fraction of sp³-hybridized carbons (Fsp3) is 0.0816. The van der Waals surface area contributed by atoms with Gasteiger partial charge in [0.2, 0.25) is 5.95 Å². The van der Waals surface area contributed by atoms with E-state index in [1.165, 1.54) is 38.9 Å². The van der Waals surface area contributed by atoms with Crippen LogP contribution in [0.25, 0.3) is 79.6 Å². The van der Waals surface area contributed by atoms with Crippen LogP contribution in [0.15, 0.2) is 152 Å². The highest BCUT2D eigenvalue weighted by molar-refractivity contribution is 5.99. The molecule has 4 nitrogen and oxygen atoms in total. The van der Waals surface area contributed by atoms with E-state index in [9.17, 15) is 0 Å². The fourth-order valence-corrected chi connectivity index (χ4v) is 8.41. The van der Waals surface area contributed by atoms with E-state index in [-0.39, 0.29) is 5.41 Å². The number of hydrogen-bond acceptors (Lipinski definition) is 3. The zero-order chi connectivity index (χ0) is 35.7. The molecule has 0 spiro atoms. The van der Waals surface area contributed by atoms with E-state index >= 15 is 0 Å². The lowest BCUT2D eigenvalue weighted by molar-refractivity contribution is 0.661. The van der Waals surface area contributed by atoms with Crippen molar-refractivity contribution in [3.63, 3.8) is 0 Å². The van der Waals surface area contributed by atoms with Gasteiger partial charge in [-0.3, -0.25) is 4.57 Å². The quantitative estimate of drug-likeness (QED) is 0.187. The summed E-state index contributed by atoms with van der Waals surface area (Å²) in [6, 6.07) is 51.4. The van der Waals surface area contributed by atoms with E-state index in [1.54, 1.807) is 0 Å². The molecule has 4 heteroatoms. The monoisotopic (exact) mass is 680 g/mol. The summed E-state index contributed by atoms with van der Waals surface area (Å²) in [5.41, 5.74) is 13.7. The second-order valence-electron chi connectivity index (χ2n) is 14.5. The molecule has 10 rings (SSSR count). The van der Waals surface area contributed by atoms with Crippen LogP contribution in [-0.4, -0.2) is 19.5 Å². The maximum Gasteiger partial charge on any atom is 0.238 e. The molecule has 0 N–H and O–H groups in total. The Balaban J connectivity index is 1.36. The molecule has 0 aliphatic heterocycles. The van der Waals surface area contributed by atoms with Crippen molar-refractivity contribution in [2.75, 3.05) is 0 Å². The first kappa shape index (κ1) is 31.1. The number of hydrogen-bond donors (Lipinski definition) is 0. The number of rotatable bonds is 3. The lowest BCUT2D eigenvalue weighted by atomic mass is 9.82. The Morgan fingerprint density at radius 2 is 1.15 bits per heavy atom. The van der Waals surface area contributed by atoms with Crippen molar-refractivity contribution in [3.05, 3.63) is 185 Å². The van der Waals surface area contributed by atoms with Gasteiger partial charge in [-0.1, -0.05) is 160 Å². The van der Waals surface area contributed by atoms with Crippen molar-refractivity contribution in [1.82, 2.24) is 19.5 Å². The normalized spacial score (nSPS) is 15.2. The summed E-state index contributed by atoms with van der Waals surface area (Å²) in [5, 5.41) is 3.28. The Morgan fingerprint density at radius 3 is 1.85 bits per heavy atom. The number of nitrogens with zero attached hydrogens (tertiary/aromatic N) is 4. The van der Waals surface area contributed by atoms with Gasteiger partial charge < -0.3 is 0 Å². The fourth-order valence-electron chi connectivity index (χ4n) is 8.41. The zero-order valence-corrected chi connectivity index (χ0v) is 29.7. The Kier molecular flexibility index (Phi) is 7.02. The third-order valence-electron chi connectivity index (χ3n) is 11.0. The molecular formula is C49H36N4. The van der Waals surface area contributed by atoms with Crippen LogP contribution in [-0.2, 0) is 11.8 Å². The molecule has 0 radical (unpaired) electrons. The van der Waals surface area contributed by atoms with Crippen molar-refractivity contribution in [2.24, 2.45) is 0 Å². The van der Waals surface area contributed by atoms with Crippen LogP contribution < -0.4 is 10.6 Å². The van der Waals surface area contributed by atoms with Gasteiger partial charge in [0.05, 0.1) is 10.9 Å². The van der Waals surface area contributed by atoms with E-state index in [0.29, 0.717) is 17.6 Å². The second-order valence-corrected chi connectivity index (χ2v) is 14.5.